The third-order valence-corrected chi connectivity index (χ3v) is 6.41. The smallest absolute Gasteiger partial charge is 0.349 e. The van der Waals surface area contributed by atoms with Crippen molar-refractivity contribution in [3.8, 4) is 0 Å². The van der Waals surface area contributed by atoms with Gasteiger partial charge in [-0.1, -0.05) is 33.1 Å². The molecule has 0 amide bonds. The van der Waals surface area contributed by atoms with E-state index in [1.807, 2.05) is 0 Å². The predicted molar refractivity (Wildman–Crippen MR) is 94.0 cm³/mol. The molecule has 0 aliphatic heterocycles. The first-order valence-electron chi connectivity index (χ1n) is 9.36. The van der Waals surface area contributed by atoms with E-state index in [0.717, 1.165) is 42.6 Å². The van der Waals surface area contributed by atoms with E-state index in [1.54, 1.807) is 16.8 Å². The quantitative estimate of drug-likeness (QED) is 0.900. The molecule has 2 saturated carbocycles. The minimum atomic E-state index is -0.218. The van der Waals surface area contributed by atoms with Crippen LogP contribution in [0.25, 0.3) is 0 Å². The summed E-state index contributed by atoms with van der Waals surface area (Å²) in [5.41, 5.74) is 5.32. The number of hydrogen-bond acceptors (Lipinski definition) is 3. The number of aromatic nitrogens is 2. The first-order chi connectivity index (χ1) is 11.0. The first kappa shape index (κ1) is 16.5. The molecule has 0 saturated heterocycles. The summed E-state index contributed by atoms with van der Waals surface area (Å²) in [4.78, 5) is 15.6. The van der Waals surface area contributed by atoms with Crippen molar-refractivity contribution in [1.82, 2.24) is 9.55 Å². The lowest BCUT2D eigenvalue weighted by atomic mass is 9.60. The van der Waals surface area contributed by atoms with Gasteiger partial charge in [0.1, 0.15) is 5.82 Å². The van der Waals surface area contributed by atoms with Crippen molar-refractivity contribution in [3.63, 3.8) is 0 Å². The van der Waals surface area contributed by atoms with Crippen molar-refractivity contribution in [2.75, 3.05) is 5.73 Å². The molecule has 5 unspecified atom stereocenters. The Kier molecular flexibility index (Phi) is 5.08. The lowest BCUT2D eigenvalue weighted by Crippen LogP contribution is -2.37. The van der Waals surface area contributed by atoms with Gasteiger partial charge in [0.05, 0.1) is 0 Å². The summed E-state index contributed by atoms with van der Waals surface area (Å²) in [6.07, 6.45) is 11.4. The number of nitrogens with two attached hydrogens (primary N) is 1. The summed E-state index contributed by atoms with van der Waals surface area (Å²) >= 11 is 0. The van der Waals surface area contributed by atoms with Gasteiger partial charge in [-0.25, -0.2) is 4.79 Å². The van der Waals surface area contributed by atoms with E-state index < -0.39 is 0 Å². The van der Waals surface area contributed by atoms with Crippen LogP contribution in [0.3, 0.4) is 0 Å². The Labute approximate surface area is 139 Å². The van der Waals surface area contributed by atoms with Crippen molar-refractivity contribution in [2.24, 2.45) is 29.6 Å². The molecule has 0 bridgehead atoms. The van der Waals surface area contributed by atoms with Crippen LogP contribution < -0.4 is 11.4 Å². The Hall–Kier alpha value is -1.32. The average Bonchev–Trinajstić information content (AvgIpc) is 2.51. The van der Waals surface area contributed by atoms with Gasteiger partial charge in [-0.15, -0.1) is 0 Å². The maximum atomic E-state index is 11.8. The fraction of sp³-hybridized carbons (Fsp3) is 0.789. The van der Waals surface area contributed by atoms with Gasteiger partial charge in [-0.3, -0.25) is 4.57 Å². The van der Waals surface area contributed by atoms with E-state index in [2.05, 4.69) is 18.8 Å². The molecule has 0 spiro atoms. The van der Waals surface area contributed by atoms with E-state index in [1.165, 1.54) is 38.5 Å². The molecule has 1 heterocycles. The van der Waals surface area contributed by atoms with Crippen LogP contribution in [0.2, 0.25) is 0 Å². The summed E-state index contributed by atoms with van der Waals surface area (Å²) in [7, 11) is 0. The Morgan fingerprint density at radius 2 is 2.09 bits per heavy atom. The summed E-state index contributed by atoms with van der Waals surface area (Å²) in [6, 6.07) is 1.71. The summed E-state index contributed by atoms with van der Waals surface area (Å²) in [5, 5.41) is 0. The number of aryl methyl sites for hydroxylation is 1. The Balaban J connectivity index is 1.44. The van der Waals surface area contributed by atoms with Gasteiger partial charge in [-0.05, 0) is 61.3 Å². The van der Waals surface area contributed by atoms with Crippen LogP contribution in [0.15, 0.2) is 17.1 Å². The summed E-state index contributed by atoms with van der Waals surface area (Å²) in [6.45, 7) is 5.60. The second-order valence-electron chi connectivity index (χ2n) is 8.11. The molecule has 2 aliphatic carbocycles. The maximum absolute atomic E-state index is 11.8. The highest BCUT2D eigenvalue weighted by atomic mass is 16.1. The summed E-state index contributed by atoms with van der Waals surface area (Å²) < 4.78 is 1.69. The van der Waals surface area contributed by atoms with Gasteiger partial charge in [0, 0.05) is 12.7 Å². The van der Waals surface area contributed by atoms with Crippen LogP contribution in [0, 0.1) is 29.6 Å². The third kappa shape index (κ3) is 3.96. The number of anilines is 1. The monoisotopic (exact) mass is 317 g/mol. The highest BCUT2D eigenvalue weighted by Gasteiger charge is 2.38. The average molecular weight is 317 g/mol. The lowest BCUT2D eigenvalue weighted by molar-refractivity contribution is 0.0462. The predicted octanol–water partition coefficient (Wildman–Crippen LogP) is 3.70. The Morgan fingerprint density at radius 3 is 2.78 bits per heavy atom. The van der Waals surface area contributed by atoms with E-state index >= 15 is 0 Å². The van der Waals surface area contributed by atoms with Gasteiger partial charge in [0.15, 0.2) is 0 Å². The van der Waals surface area contributed by atoms with Crippen molar-refractivity contribution < 1.29 is 0 Å². The minimum absolute atomic E-state index is 0.218. The molecular weight excluding hydrogens is 286 g/mol. The molecule has 5 atom stereocenters. The largest absolute Gasteiger partial charge is 0.383 e. The topological polar surface area (TPSA) is 60.9 Å². The molecule has 23 heavy (non-hydrogen) atoms. The van der Waals surface area contributed by atoms with Crippen molar-refractivity contribution >= 4 is 5.82 Å². The van der Waals surface area contributed by atoms with Gasteiger partial charge in [-0.2, -0.15) is 4.98 Å². The number of hydrogen-bond donors (Lipinski definition) is 1. The van der Waals surface area contributed by atoms with E-state index in [4.69, 9.17) is 5.73 Å². The summed E-state index contributed by atoms with van der Waals surface area (Å²) in [5.74, 6) is 4.71. The van der Waals surface area contributed by atoms with Gasteiger partial charge in [0.25, 0.3) is 0 Å². The zero-order chi connectivity index (χ0) is 16.4. The highest BCUT2D eigenvalue weighted by Crippen LogP contribution is 2.47. The second kappa shape index (κ2) is 7.06. The standard InChI is InChI=1S/C19H31N3O/c1-13-4-3-5-15(10-13)11-17-12-16(14(17)2)6-8-22-9-7-18(20)21-19(22)23/h7,9,13-17H,3-6,8,10-12H2,1-2H3,(H2,20,21,23). The van der Waals surface area contributed by atoms with E-state index in [9.17, 15) is 4.79 Å². The maximum Gasteiger partial charge on any atom is 0.349 e. The van der Waals surface area contributed by atoms with Crippen LogP contribution in [-0.4, -0.2) is 9.55 Å². The van der Waals surface area contributed by atoms with Crippen LogP contribution in [-0.2, 0) is 6.54 Å². The van der Waals surface area contributed by atoms with Crippen LogP contribution >= 0.6 is 0 Å². The molecule has 2 aliphatic rings. The van der Waals surface area contributed by atoms with Crippen molar-refractivity contribution in [1.29, 1.82) is 0 Å². The van der Waals surface area contributed by atoms with E-state index in [-0.39, 0.29) is 5.69 Å². The molecule has 0 radical (unpaired) electrons. The van der Waals surface area contributed by atoms with Gasteiger partial charge in [0.2, 0.25) is 0 Å². The normalized spacial score (nSPS) is 34.1. The minimum Gasteiger partial charge on any atom is -0.383 e. The number of nitrogen functional groups attached to an aromatic ring is 1. The highest BCUT2D eigenvalue weighted by molar-refractivity contribution is 5.23. The van der Waals surface area contributed by atoms with Crippen LogP contribution in [0.4, 0.5) is 5.82 Å². The molecule has 128 valence electrons. The zero-order valence-electron chi connectivity index (χ0n) is 14.6. The first-order valence-corrected chi connectivity index (χ1v) is 9.36. The molecule has 0 aromatic carbocycles. The zero-order valence-corrected chi connectivity index (χ0v) is 14.6. The van der Waals surface area contributed by atoms with E-state index in [0.29, 0.717) is 5.82 Å². The fourth-order valence-electron chi connectivity index (χ4n) is 4.82. The van der Waals surface area contributed by atoms with Crippen LogP contribution in [0.5, 0.6) is 0 Å². The molecule has 4 nitrogen and oxygen atoms in total. The Bertz CT molecular complexity index is 582. The molecule has 1 aromatic rings. The lowest BCUT2D eigenvalue weighted by Gasteiger charge is -2.45. The van der Waals surface area contributed by atoms with Crippen molar-refractivity contribution in [3.05, 3.63) is 22.7 Å². The SMILES string of the molecule is CC1CCCC(CC2CC(CCn3ccc(N)nc3=O)C2C)C1. The molecule has 4 heteroatoms. The second-order valence-corrected chi connectivity index (χ2v) is 8.11. The van der Waals surface area contributed by atoms with Crippen molar-refractivity contribution in [2.45, 2.75) is 65.3 Å². The molecule has 1 aromatic heterocycles. The molecular formula is C19H31N3O. The fourth-order valence-corrected chi connectivity index (χ4v) is 4.82. The number of nitrogens with zero attached hydrogens (tertiary/aromatic N) is 2. The molecule has 3 rings (SSSR count). The van der Waals surface area contributed by atoms with Gasteiger partial charge < -0.3 is 5.73 Å². The Morgan fingerprint density at radius 1 is 1.26 bits per heavy atom. The van der Waals surface area contributed by atoms with Gasteiger partial charge >= 0.3 is 5.69 Å². The van der Waals surface area contributed by atoms with Crippen LogP contribution in [0.1, 0.15) is 58.8 Å². The molecule has 2 fully saturated rings. The molecule has 2 N–H and O–H groups in total. The number of rotatable bonds is 5. The third-order valence-electron chi connectivity index (χ3n) is 6.41.